The lowest BCUT2D eigenvalue weighted by molar-refractivity contribution is 0.516. The summed E-state index contributed by atoms with van der Waals surface area (Å²) in [6.07, 6.45) is 0. The summed E-state index contributed by atoms with van der Waals surface area (Å²) in [4.78, 5) is 0. The molecule has 102 valence electrons. The van der Waals surface area contributed by atoms with Crippen molar-refractivity contribution in [2.24, 2.45) is 0 Å². The standard InChI is InChI=1S/C11H16F2N2O2S/c1-15(2)18(16,17)6-5-14-8-9-7-10(12)3-4-11(9)13/h3-4,7,14H,5-6,8H2,1-2H3. The van der Waals surface area contributed by atoms with Crippen LogP contribution in [0.3, 0.4) is 0 Å². The average Bonchev–Trinajstić information content (AvgIpc) is 2.28. The van der Waals surface area contributed by atoms with E-state index in [2.05, 4.69) is 5.32 Å². The van der Waals surface area contributed by atoms with Crippen molar-refractivity contribution in [2.75, 3.05) is 26.4 Å². The van der Waals surface area contributed by atoms with Crippen LogP contribution >= 0.6 is 0 Å². The van der Waals surface area contributed by atoms with Crippen molar-refractivity contribution >= 4 is 10.0 Å². The molecule has 0 aliphatic rings. The van der Waals surface area contributed by atoms with Crippen LogP contribution in [0.4, 0.5) is 8.78 Å². The van der Waals surface area contributed by atoms with Gasteiger partial charge in [0, 0.05) is 32.7 Å². The number of hydrogen-bond acceptors (Lipinski definition) is 3. The molecule has 7 heteroatoms. The van der Waals surface area contributed by atoms with Crippen molar-refractivity contribution in [1.29, 1.82) is 0 Å². The summed E-state index contributed by atoms with van der Waals surface area (Å²) in [5.41, 5.74) is 0.178. The molecule has 0 bridgehead atoms. The molecule has 1 aromatic carbocycles. The van der Waals surface area contributed by atoms with Gasteiger partial charge in [-0.1, -0.05) is 0 Å². The van der Waals surface area contributed by atoms with Crippen LogP contribution in [-0.2, 0) is 16.6 Å². The highest BCUT2D eigenvalue weighted by atomic mass is 32.2. The lowest BCUT2D eigenvalue weighted by Crippen LogP contribution is -2.31. The molecule has 0 saturated carbocycles. The van der Waals surface area contributed by atoms with Gasteiger partial charge in [0.2, 0.25) is 10.0 Å². The second-order valence-electron chi connectivity index (χ2n) is 4.01. The van der Waals surface area contributed by atoms with Crippen molar-refractivity contribution in [2.45, 2.75) is 6.54 Å². The number of sulfonamides is 1. The van der Waals surface area contributed by atoms with Gasteiger partial charge in [-0.2, -0.15) is 0 Å². The Kier molecular flexibility index (Phi) is 5.18. The summed E-state index contributed by atoms with van der Waals surface area (Å²) in [6, 6.07) is 3.17. The largest absolute Gasteiger partial charge is 0.312 e. The van der Waals surface area contributed by atoms with Crippen molar-refractivity contribution in [1.82, 2.24) is 9.62 Å². The van der Waals surface area contributed by atoms with E-state index in [1.807, 2.05) is 0 Å². The minimum absolute atomic E-state index is 0.0864. The molecule has 0 aliphatic heterocycles. The van der Waals surface area contributed by atoms with Crippen LogP contribution in [0.2, 0.25) is 0 Å². The van der Waals surface area contributed by atoms with Gasteiger partial charge in [-0.3, -0.25) is 0 Å². The molecule has 0 atom stereocenters. The topological polar surface area (TPSA) is 49.4 Å². The van der Waals surface area contributed by atoms with Crippen LogP contribution in [0.5, 0.6) is 0 Å². The predicted octanol–water partition coefficient (Wildman–Crippen LogP) is 0.946. The number of nitrogens with zero attached hydrogens (tertiary/aromatic N) is 1. The molecule has 18 heavy (non-hydrogen) atoms. The van der Waals surface area contributed by atoms with Crippen molar-refractivity contribution in [3.63, 3.8) is 0 Å². The van der Waals surface area contributed by atoms with E-state index in [1.54, 1.807) is 0 Å². The van der Waals surface area contributed by atoms with Gasteiger partial charge in [-0.25, -0.2) is 21.5 Å². The van der Waals surface area contributed by atoms with Crippen LogP contribution in [-0.4, -0.2) is 39.1 Å². The number of halogens is 2. The van der Waals surface area contributed by atoms with Crippen molar-refractivity contribution in [3.8, 4) is 0 Å². The third kappa shape index (κ3) is 4.32. The van der Waals surface area contributed by atoms with E-state index in [0.717, 1.165) is 22.5 Å². The maximum Gasteiger partial charge on any atom is 0.214 e. The quantitative estimate of drug-likeness (QED) is 0.788. The zero-order valence-corrected chi connectivity index (χ0v) is 11.1. The SMILES string of the molecule is CN(C)S(=O)(=O)CCNCc1cc(F)ccc1F. The van der Waals surface area contributed by atoms with E-state index in [4.69, 9.17) is 0 Å². The van der Waals surface area contributed by atoms with E-state index in [9.17, 15) is 17.2 Å². The Morgan fingerprint density at radius 1 is 1.28 bits per heavy atom. The Hall–Kier alpha value is -1.05. The summed E-state index contributed by atoms with van der Waals surface area (Å²) in [6.45, 7) is 0.267. The Labute approximate surface area is 106 Å². The molecule has 0 amide bonds. The molecule has 0 aliphatic carbocycles. The van der Waals surface area contributed by atoms with Crippen LogP contribution in [0, 0.1) is 11.6 Å². The Morgan fingerprint density at radius 2 is 1.94 bits per heavy atom. The monoisotopic (exact) mass is 278 g/mol. The Bertz CT molecular complexity index is 504. The minimum atomic E-state index is -3.27. The zero-order chi connectivity index (χ0) is 13.8. The molecule has 1 rings (SSSR count). The normalized spacial score (nSPS) is 12.1. The summed E-state index contributed by atoms with van der Waals surface area (Å²) in [5.74, 6) is -1.12. The van der Waals surface area contributed by atoms with E-state index >= 15 is 0 Å². The van der Waals surface area contributed by atoms with Crippen LogP contribution in [0.25, 0.3) is 0 Å². The summed E-state index contributed by atoms with van der Waals surface area (Å²) < 4.78 is 50.0. The van der Waals surface area contributed by atoms with Crippen LogP contribution < -0.4 is 5.32 Å². The lowest BCUT2D eigenvalue weighted by Gasteiger charge is -2.11. The van der Waals surface area contributed by atoms with E-state index in [1.165, 1.54) is 14.1 Å². The molecular formula is C11H16F2N2O2S. The van der Waals surface area contributed by atoms with Gasteiger partial charge in [0.15, 0.2) is 0 Å². The smallest absolute Gasteiger partial charge is 0.214 e. The number of hydrogen-bond donors (Lipinski definition) is 1. The van der Waals surface area contributed by atoms with E-state index < -0.39 is 21.7 Å². The maximum absolute atomic E-state index is 13.2. The zero-order valence-electron chi connectivity index (χ0n) is 10.3. The number of nitrogens with one attached hydrogen (secondary N) is 1. The van der Waals surface area contributed by atoms with Gasteiger partial charge in [0.05, 0.1) is 5.75 Å². The molecule has 0 heterocycles. The molecular weight excluding hydrogens is 262 g/mol. The first-order valence-corrected chi connectivity index (χ1v) is 6.98. The van der Waals surface area contributed by atoms with Gasteiger partial charge in [-0.05, 0) is 18.2 Å². The molecule has 1 aromatic rings. The summed E-state index contributed by atoms with van der Waals surface area (Å²) in [7, 11) is -0.376. The van der Waals surface area contributed by atoms with Gasteiger partial charge in [0.25, 0.3) is 0 Å². The van der Waals surface area contributed by atoms with Gasteiger partial charge >= 0.3 is 0 Å². The van der Waals surface area contributed by atoms with Gasteiger partial charge < -0.3 is 5.32 Å². The van der Waals surface area contributed by atoms with Crippen molar-refractivity contribution < 1.29 is 17.2 Å². The molecule has 0 unspecified atom stereocenters. The molecule has 0 spiro atoms. The summed E-state index contributed by atoms with van der Waals surface area (Å²) in [5, 5.41) is 2.77. The first-order valence-electron chi connectivity index (χ1n) is 5.38. The highest BCUT2D eigenvalue weighted by molar-refractivity contribution is 7.89. The Morgan fingerprint density at radius 3 is 2.56 bits per heavy atom. The second-order valence-corrected chi connectivity index (χ2v) is 6.31. The first kappa shape index (κ1) is 15.0. The molecule has 4 nitrogen and oxygen atoms in total. The highest BCUT2D eigenvalue weighted by Gasteiger charge is 2.12. The van der Waals surface area contributed by atoms with E-state index in [0.29, 0.717) is 0 Å². The van der Waals surface area contributed by atoms with Gasteiger partial charge in [-0.15, -0.1) is 0 Å². The molecule has 0 saturated heterocycles. The molecule has 0 fully saturated rings. The molecule has 0 aromatic heterocycles. The number of rotatable bonds is 6. The fourth-order valence-electron chi connectivity index (χ4n) is 1.29. The van der Waals surface area contributed by atoms with Gasteiger partial charge in [0.1, 0.15) is 11.6 Å². The highest BCUT2D eigenvalue weighted by Crippen LogP contribution is 2.09. The fraction of sp³-hybridized carbons (Fsp3) is 0.455. The average molecular weight is 278 g/mol. The third-order valence-electron chi connectivity index (χ3n) is 2.42. The summed E-state index contributed by atoms with van der Waals surface area (Å²) >= 11 is 0. The Balaban J connectivity index is 2.46. The minimum Gasteiger partial charge on any atom is -0.312 e. The fourth-order valence-corrected chi connectivity index (χ4v) is 2.05. The van der Waals surface area contributed by atoms with Crippen molar-refractivity contribution in [3.05, 3.63) is 35.4 Å². The predicted molar refractivity (Wildman–Crippen MR) is 65.5 cm³/mol. The third-order valence-corrected chi connectivity index (χ3v) is 4.25. The van der Waals surface area contributed by atoms with Crippen LogP contribution in [0.1, 0.15) is 5.56 Å². The second kappa shape index (κ2) is 6.21. The molecule has 0 radical (unpaired) electrons. The lowest BCUT2D eigenvalue weighted by atomic mass is 10.2. The molecule has 1 N–H and O–H groups in total. The van der Waals surface area contributed by atoms with E-state index in [-0.39, 0.29) is 24.4 Å². The maximum atomic E-state index is 13.2. The number of benzene rings is 1. The first-order chi connectivity index (χ1) is 8.33. The van der Waals surface area contributed by atoms with Crippen LogP contribution in [0.15, 0.2) is 18.2 Å².